The molecule has 1 heterocycles. The monoisotopic (exact) mass is 247 g/mol. The van der Waals surface area contributed by atoms with Crippen LogP contribution < -0.4 is 5.32 Å². The Balaban J connectivity index is 2.40. The number of nitrogens with zero attached hydrogens (tertiary/aromatic N) is 2. The standard InChI is InChI=1S/C10H15Cl2N3/c1-7(2)4-3-5-13-9-8(11)6-14-10(12)15-9/h6-7H,3-5H2,1-2H3,(H,13,14,15). The van der Waals surface area contributed by atoms with Crippen molar-refractivity contribution < 1.29 is 0 Å². The summed E-state index contributed by atoms with van der Waals surface area (Å²) in [5.74, 6) is 1.33. The predicted octanol–water partition coefficient (Wildman–Crippen LogP) is 3.63. The van der Waals surface area contributed by atoms with Crippen LogP contribution in [0.1, 0.15) is 26.7 Å². The Labute approximate surface area is 100 Å². The molecule has 1 rings (SSSR count). The summed E-state index contributed by atoms with van der Waals surface area (Å²) in [5.41, 5.74) is 0. The molecule has 3 nitrogen and oxygen atoms in total. The molecular formula is C10H15Cl2N3. The van der Waals surface area contributed by atoms with E-state index >= 15 is 0 Å². The van der Waals surface area contributed by atoms with Gasteiger partial charge in [0.1, 0.15) is 10.8 Å². The molecule has 0 spiro atoms. The minimum Gasteiger partial charge on any atom is -0.369 e. The van der Waals surface area contributed by atoms with E-state index in [1.54, 1.807) is 0 Å². The first-order valence-electron chi connectivity index (χ1n) is 5.01. The normalized spacial score (nSPS) is 10.7. The molecule has 0 bridgehead atoms. The van der Waals surface area contributed by atoms with Gasteiger partial charge in [-0.1, -0.05) is 25.4 Å². The molecule has 0 atom stereocenters. The van der Waals surface area contributed by atoms with E-state index in [1.165, 1.54) is 12.6 Å². The molecule has 0 amide bonds. The van der Waals surface area contributed by atoms with Gasteiger partial charge in [-0.3, -0.25) is 0 Å². The Hall–Kier alpha value is -0.540. The minimum absolute atomic E-state index is 0.214. The van der Waals surface area contributed by atoms with Crippen LogP contribution in [0.15, 0.2) is 6.20 Å². The van der Waals surface area contributed by atoms with Crippen molar-refractivity contribution in [3.63, 3.8) is 0 Å². The van der Waals surface area contributed by atoms with Gasteiger partial charge >= 0.3 is 0 Å². The van der Waals surface area contributed by atoms with Gasteiger partial charge in [-0.2, -0.15) is 4.98 Å². The Morgan fingerprint density at radius 1 is 1.40 bits per heavy atom. The molecule has 0 fully saturated rings. The Morgan fingerprint density at radius 3 is 2.80 bits per heavy atom. The second kappa shape index (κ2) is 6.13. The minimum atomic E-state index is 0.214. The number of rotatable bonds is 5. The fraction of sp³-hybridized carbons (Fsp3) is 0.600. The van der Waals surface area contributed by atoms with Crippen LogP contribution in [0.5, 0.6) is 0 Å². The largest absolute Gasteiger partial charge is 0.369 e. The van der Waals surface area contributed by atoms with Gasteiger partial charge in [0.15, 0.2) is 0 Å². The first-order valence-corrected chi connectivity index (χ1v) is 5.77. The van der Waals surface area contributed by atoms with E-state index in [2.05, 4.69) is 29.1 Å². The lowest BCUT2D eigenvalue weighted by molar-refractivity contribution is 0.566. The van der Waals surface area contributed by atoms with Crippen LogP contribution in [0, 0.1) is 5.92 Å². The molecule has 1 N–H and O–H groups in total. The number of hydrogen-bond donors (Lipinski definition) is 1. The molecule has 0 unspecified atom stereocenters. The molecular weight excluding hydrogens is 233 g/mol. The van der Waals surface area contributed by atoms with E-state index < -0.39 is 0 Å². The Bertz CT molecular complexity index is 316. The highest BCUT2D eigenvalue weighted by Gasteiger charge is 2.03. The van der Waals surface area contributed by atoms with Crippen molar-refractivity contribution >= 4 is 29.0 Å². The number of anilines is 1. The molecule has 0 saturated carbocycles. The highest BCUT2D eigenvalue weighted by molar-refractivity contribution is 6.33. The third-order valence-corrected chi connectivity index (χ3v) is 2.42. The summed E-state index contributed by atoms with van der Waals surface area (Å²) in [4.78, 5) is 7.78. The molecule has 15 heavy (non-hydrogen) atoms. The van der Waals surface area contributed by atoms with Gasteiger partial charge < -0.3 is 5.32 Å². The van der Waals surface area contributed by atoms with Crippen molar-refractivity contribution in [3.05, 3.63) is 16.5 Å². The van der Waals surface area contributed by atoms with Crippen molar-refractivity contribution in [2.75, 3.05) is 11.9 Å². The van der Waals surface area contributed by atoms with E-state index in [-0.39, 0.29) is 5.28 Å². The lowest BCUT2D eigenvalue weighted by Gasteiger charge is -2.08. The molecule has 1 aromatic heterocycles. The quantitative estimate of drug-likeness (QED) is 0.638. The Morgan fingerprint density at radius 2 is 2.13 bits per heavy atom. The maximum absolute atomic E-state index is 5.89. The second-order valence-electron chi connectivity index (χ2n) is 3.80. The summed E-state index contributed by atoms with van der Waals surface area (Å²) in [6.45, 7) is 5.26. The smallest absolute Gasteiger partial charge is 0.224 e. The zero-order chi connectivity index (χ0) is 11.3. The molecule has 0 radical (unpaired) electrons. The van der Waals surface area contributed by atoms with E-state index in [9.17, 15) is 0 Å². The highest BCUT2D eigenvalue weighted by atomic mass is 35.5. The van der Waals surface area contributed by atoms with Gasteiger partial charge in [0.25, 0.3) is 0 Å². The zero-order valence-electron chi connectivity index (χ0n) is 8.93. The fourth-order valence-corrected chi connectivity index (χ4v) is 1.48. The van der Waals surface area contributed by atoms with Gasteiger partial charge in [-0.05, 0) is 30.4 Å². The lowest BCUT2D eigenvalue weighted by atomic mass is 10.1. The molecule has 0 aliphatic rings. The van der Waals surface area contributed by atoms with Crippen molar-refractivity contribution in [1.29, 1.82) is 0 Å². The molecule has 0 aromatic carbocycles. The first-order chi connectivity index (χ1) is 7.09. The third-order valence-electron chi connectivity index (χ3n) is 1.97. The molecule has 0 aliphatic carbocycles. The van der Waals surface area contributed by atoms with Crippen LogP contribution in [0.4, 0.5) is 5.82 Å². The van der Waals surface area contributed by atoms with E-state index in [0.29, 0.717) is 10.8 Å². The van der Waals surface area contributed by atoms with Gasteiger partial charge in [-0.15, -0.1) is 0 Å². The average molecular weight is 248 g/mol. The summed E-state index contributed by atoms with van der Waals surface area (Å²) >= 11 is 11.6. The van der Waals surface area contributed by atoms with Crippen molar-refractivity contribution in [2.24, 2.45) is 5.92 Å². The number of halogens is 2. The average Bonchev–Trinajstić information content (AvgIpc) is 2.17. The van der Waals surface area contributed by atoms with Crippen molar-refractivity contribution in [1.82, 2.24) is 9.97 Å². The summed E-state index contributed by atoms with van der Waals surface area (Å²) in [6.07, 6.45) is 3.78. The van der Waals surface area contributed by atoms with Crippen LogP contribution in [-0.4, -0.2) is 16.5 Å². The van der Waals surface area contributed by atoms with Gasteiger partial charge in [0.2, 0.25) is 5.28 Å². The van der Waals surface area contributed by atoms with Crippen molar-refractivity contribution in [3.8, 4) is 0 Å². The second-order valence-corrected chi connectivity index (χ2v) is 4.54. The number of hydrogen-bond acceptors (Lipinski definition) is 3. The SMILES string of the molecule is CC(C)CCCNc1nc(Cl)ncc1Cl. The van der Waals surface area contributed by atoms with Crippen LogP contribution in [0.2, 0.25) is 10.3 Å². The van der Waals surface area contributed by atoms with Crippen LogP contribution in [0.3, 0.4) is 0 Å². The molecule has 1 aromatic rings. The summed E-state index contributed by atoms with van der Waals surface area (Å²) in [6, 6.07) is 0. The summed E-state index contributed by atoms with van der Waals surface area (Å²) < 4.78 is 0. The van der Waals surface area contributed by atoms with E-state index in [0.717, 1.165) is 18.9 Å². The maximum atomic E-state index is 5.89. The van der Waals surface area contributed by atoms with E-state index in [1.807, 2.05) is 0 Å². The Kier molecular flexibility index (Phi) is 5.12. The van der Waals surface area contributed by atoms with Gasteiger partial charge in [0.05, 0.1) is 6.20 Å². The van der Waals surface area contributed by atoms with Crippen molar-refractivity contribution in [2.45, 2.75) is 26.7 Å². The lowest BCUT2D eigenvalue weighted by Crippen LogP contribution is -2.05. The maximum Gasteiger partial charge on any atom is 0.224 e. The van der Waals surface area contributed by atoms with Crippen LogP contribution in [0.25, 0.3) is 0 Å². The predicted molar refractivity (Wildman–Crippen MR) is 64.6 cm³/mol. The number of aromatic nitrogens is 2. The molecule has 84 valence electrons. The molecule has 5 heteroatoms. The van der Waals surface area contributed by atoms with Crippen LogP contribution in [-0.2, 0) is 0 Å². The molecule has 0 aliphatic heterocycles. The first kappa shape index (κ1) is 12.5. The summed E-state index contributed by atoms with van der Waals surface area (Å²) in [5, 5.41) is 3.86. The third kappa shape index (κ3) is 4.67. The fourth-order valence-electron chi connectivity index (χ4n) is 1.19. The van der Waals surface area contributed by atoms with Gasteiger partial charge in [-0.25, -0.2) is 4.98 Å². The molecule has 0 saturated heterocycles. The van der Waals surface area contributed by atoms with Gasteiger partial charge in [0, 0.05) is 6.54 Å². The van der Waals surface area contributed by atoms with E-state index in [4.69, 9.17) is 23.2 Å². The highest BCUT2D eigenvalue weighted by Crippen LogP contribution is 2.19. The number of nitrogens with one attached hydrogen (secondary N) is 1. The van der Waals surface area contributed by atoms with Crippen LogP contribution >= 0.6 is 23.2 Å². The summed E-state index contributed by atoms with van der Waals surface area (Å²) in [7, 11) is 0. The zero-order valence-corrected chi connectivity index (χ0v) is 10.4. The topological polar surface area (TPSA) is 37.8 Å².